The molecule has 0 aliphatic rings. The third kappa shape index (κ3) is 10.4. The Labute approximate surface area is 180 Å². The van der Waals surface area contributed by atoms with Gasteiger partial charge >= 0.3 is 17.9 Å². The van der Waals surface area contributed by atoms with Gasteiger partial charge in [0.25, 0.3) is 5.09 Å². The standard InChI is InChI=1S/C21H29NO9/c1-15(23)29-17-11-7-6-10-16(17)19(25)31-21(4,5)14-18(24)30-20(2,3)12-8-9-13-28-22(26)27/h6-7,10-11H,8-9,12-14H2,1-5H3. The maximum absolute atomic E-state index is 12.6. The van der Waals surface area contributed by atoms with E-state index in [2.05, 4.69) is 4.84 Å². The number of para-hydroxylation sites is 1. The molecule has 0 spiro atoms. The second kappa shape index (κ2) is 11.3. The topological polar surface area (TPSA) is 131 Å². The van der Waals surface area contributed by atoms with E-state index in [1.54, 1.807) is 39.8 Å². The maximum atomic E-state index is 12.6. The average Bonchev–Trinajstić information content (AvgIpc) is 2.59. The Hall–Kier alpha value is -3.17. The van der Waals surface area contributed by atoms with Crippen LogP contribution in [0.1, 0.15) is 70.7 Å². The van der Waals surface area contributed by atoms with Gasteiger partial charge in [-0.15, -0.1) is 10.1 Å². The van der Waals surface area contributed by atoms with Gasteiger partial charge in [-0.1, -0.05) is 12.1 Å². The summed E-state index contributed by atoms with van der Waals surface area (Å²) in [5.41, 5.74) is -1.91. The molecule has 0 atom stereocenters. The highest BCUT2D eigenvalue weighted by atomic mass is 16.9. The minimum absolute atomic E-state index is 0.0190. The lowest BCUT2D eigenvalue weighted by Gasteiger charge is -2.29. The highest BCUT2D eigenvalue weighted by Gasteiger charge is 2.32. The molecule has 10 nitrogen and oxygen atoms in total. The van der Waals surface area contributed by atoms with E-state index in [4.69, 9.17) is 14.2 Å². The van der Waals surface area contributed by atoms with E-state index < -0.39 is 34.2 Å². The van der Waals surface area contributed by atoms with Crippen molar-refractivity contribution in [3.8, 4) is 5.75 Å². The van der Waals surface area contributed by atoms with Crippen LogP contribution in [0, 0.1) is 10.1 Å². The van der Waals surface area contributed by atoms with Crippen molar-refractivity contribution in [1.82, 2.24) is 0 Å². The summed E-state index contributed by atoms with van der Waals surface area (Å²) in [5.74, 6) is -1.80. The summed E-state index contributed by atoms with van der Waals surface area (Å²) < 4.78 is 16.0. The Balaban J connectivity index is 2.61. The molecule has 1 aromatic carbocycles. The number of carbonyl (C=O) groups is 3. The number of benzene rings is 1. The third-order valence-electron chi connectivity index (χ3n) is 4.06. The van der Waals surface area contributed by atoms with Gasteiger partial charge in [0.1, 0.15) is 22.5 Å². The van der Waals surface area contributed by atoms with Crippen molar-refractivity contribution in [1.29, 1.82) is 0 Å². The smallest absolute Gasteiger partial charge is 0.342 e. The molecule has 0 aliphatic carbocycles. The van der Waals surface area contributed by atoms with Gasteiger partial charge < -0.3 is 19.0 Å². The molecule has 0 fully saturated rings. The first-order valence-electron chi connectivity index (χ1n) is 9.81. The quantitative estimate of drug-likeness (QED) is 0.157. The van der Waals surface area contributed by atoms with Crippen molar-refractivity contribution in [3.05, 3.63) is 39.9 Å². The maximum Gasteiger partial charge on any atom is 0.342 e. The Kier molecular flexibility index (Phi) is 9.41. The van der Waals surface area contributed by atoms with E-state index in [1.807, 2.05) is 0 Å². The number of ether oxygens (including phenoxy) is 3. The Morgan fingerprint density at radius 2 is 1.65 bits per heavy atom. The molecule has 0 saturated carbocycles. The van der Waals surface area contributed by atoms with Crippen LogP contribution in [0.4, 0.5) is 0 Å². The fourth-order valence-electron chi connectivity index (χ4n) is 2.76. The van der Waals surface area contributed by atoms with Crippen molar-refractivity contribution >= 4 is 17.9 Å². The average molecular weight is 439 g/mol. The van der Waals surface area contributed by atoms with Crippen LogP contribution >= 0.6 is 0 Å². The Morgan fingerprint density at radius 3 is 2.26 bits per heavy atom. The van der Waals surface area contributed by atoms with Crippen LogP contribution in [0.3, 0.4) is 0 Å². The van der Waals surface area contributed by atoms with Gasteiger partial charge in [-0.05, 0) is 59.1 Å². The lowest BCUT2D eigenvalue weighted by molar-refractivity contribution is -0.757. The second-order valence-corrected chi connectivity index (χ2v) is 8.16. The van der Waals surface area contributed by atoms with Crippen LogP contribution in [0.2, 0.25) is 0 Å². The molecule has 0 bridgehead atoms. The van der Waals surface area contributed by atoms with Crippen molar-refractivity contribution < 1.29 is 38.5 Å². The summed E-state index contributed by atoms with van der Waals surface area (Å²) in [7, 11) is 0. The zero-order valence-electron chi connectivity index (χ0n) is 18.5. The van der Waals surface area contributed by atoms with E-state index in [1.165, 1.54) is 19.1 Å². The SMILES string of the molecule is CC(=O)Oc1ccccc1C(=O)OC(C)(C)CC(=O)OC(C)(C)CCCCO[N+](=O)[O-]. The van der Waals surface area contributed by atoms with Crippen molar-refractivity contribution in [2.24, 2.45) is 0 Å². The summed E-state index contributed by atoms with van der Waals surface area (Å²) in [6.45, 7) is 7.81. The predicted molar refractivity (Wildman–Crippen MR) is 109 cm³/mol. The molecule has 0 aromatic heterocycles. The van der Waals surface area contributed by atoms with E-state index in [0.717, 1.165) is 0 Å². The van der Waals surface area contributed by atoms with Crippen LogP contribution in [0.25, 0.3) is 0 Å². The molecule has 10 heteroatoms. The number of hydrogen-bond donors (Lipinski definition) is 0. The van der Waals surface area contributed by atoms with Gasteiger partial charge in [-0.3, -0.25) is 9.59 Å². The molecule has 172 valence electrons. The van der Waals surface area contributed by atoms with E-state index in [9.17, 15) is 24.5 Å². The first-order valence-corrected chi connectivity index (χ1v) is 9.81. The minimum atomic E-state index is -1.17. The van der Waals surface area contributed by atoms with Crippen LogP contribution in [-0.4, -0.2) is 40.8 Å². The molecular formula is C21H29NO9. The molecule has 0 radical (unpaired) electrons. The molecule has 0 aliphatic heterocycles. The number of nitrogens with zero attached hydrogens (tertiary/aromatic N) is 1. The fourth-order valence-corrected chi connectivity index (χ4v) is 2.76. The summed E-state index contributed by atoms with van der Waals surface area (Å²) in [4.78, 5) is 50.5. The fraction of sp³-hybridized carbons (Fsp3) is 0.571. The summed E-state index contributed by atoms with van der Waals surface area (Å²) in [6, 6.07) is 6.15. The van der Waals surface area contributed by atoms with Crippen LogP contribution in [0.15, 0.2) is 24.3 Å². The van der Waals surface area contributed by atoms with E-state index in [0.29, 0.717) is 19.3 Å². The number of unbranched alkanes of at least 4 members (excludes halogenated alkanes) is 1. The van der Waals surface area contributed by atoms with Gasteiger partial charge in [-0.2, -0.15) is 0 Å². The van der Waals surface area contributed by atoms with Crippen molar-refractivity contribution in [3.63, 3.8) is 0 Å². The van der Waals surface area contributed by atoms with Gasteiger partial charge in [0, 0.05) is 6.92 Å². The molecule has 0 saturated heterocycles. The summed E-state index contributed by atoms with van der Waals surface area (Å²) >= 11 is 0. The monoisotopic (exact) mass is 439 g/mol. The lowest BCUT2D eigenvalue weighted by Crippen LogP contribution is -2.35. The number of esters is 3. The first kappa shape index (κ1) is 25.9. The zero-order chi connectivity index (χ0) is 23.7. The summed E-state index contributed by atoms with van der Waals surface area (Å²) in [5, 5.41) is 9.28. The molecular weight excluding hydrogens is 410 g/mol. The van der Waals surface area contributed by atoms with E-state index >= 15 is 0 Å². The van der Waals surface area contributed by atoms with Crippen LogP contribution < -0.4 is 4.74 Å². The molecule has 0 unspecified atom stereocenters. The molecule has 0 heterocycles. The van der Waals surface area contributed by atoms with Crippen molar-refractivity contribution in [2.45, 2.75) is 71.5 Å². The van der Waals surface area contributed by atoms with E-state index in [-0.39, 0.29) is 24.3 Å². The van der Waals surface area contributed by atoms with Gasteiger partial charge in [0.15, 0.2) is 0 Å². The second-order valence-electron chi connectivity index (χ2n) is 8.16. The normalized spacial score (nSPS) is 11.4. The summed E-state index contributed by atoms with van der Waals surface area (Å²) in [6.07, 6.45) is 1.31. The molecule has 31 heavy (non-hydrogen) atoms. The highest BCUT2D eigenvalue weighted by Crippen LogP contribution is 2.25. The van der Waals surface area contributed by atoms with Gasteiger partial charge in [0.05, 0.1) is 13.0 Å². The highest BCUT2D eigenvalue weighted by molar-refractivity contribution is 5.93. The molecule has 0 N–H and O–H groups in total. The molecule has 0 amide bonds. The number of carbonyl (C=O) groups excluding carboxylic acids is 3. The zero-order valence-corrected chi connectivity index (χ0v) is 18.5. The van der Waals surface area contributed by atoms with Crippen LogP contribution in [0.5, 0.6) is 5.75 Å². The lowest BCUT2D eigenvalue weighted by atomic mass is 10.0. The minimum Gasteiger partial charge on any atom is -0.460 e. The predicted octanol–water partition coefficient (Wildman–Crippen LogP) is 3.64. The Bertz CT molecular complexity index is 802. The number of hydrogen-bond acceptors (Lipinski definition) is 9. The Morgan fingerprint density at radius 1 is 1.00 bits per heavy atom. The van der Waals surface area contributed by atoms with Crippen molar-refractivity contribution in [2.75, 3.05) is 6.61 Å². The molecule has 1 aromatic rings. The largest absolute Gasteiger partial charge is 0.460 e. The van der Waals surface area contributed by atoms with Gasteiger partial charge in [-0.25, -0.2) is 4.79 Å². The molecule has 1 rings (SSSR count). The third-order valence-corrected chi connectivity index (χ3v) is 4.06. The van der Waals surface area contributed by atoms with Crippen LogP contribution in [-0.2, 0) is 23.9 Å². The first-order chi connectivity index (χ1) is 14.3. The van der Waals surface area contributed by atoms with Gasteiger partial charge in [0.2, 0.25) is 0 Å². The number of rotatable bonds is 12.